The number of carbonyl (C=O) groups excluding carboxylic acids is 1. The number of hydrogen-bond acceptors (Lipinski definition) is 3. The molecule has 0 aromatic rings. The molecule has 0 unspecified atom stereocenters. The fraction of sp³-hybridized carbons (Fsp3) is 0.900. The average molecular weight is 183 g/mol. The van der Waals surface area contributed by atoms with Gasteiger partial charge in [-0.25, -0.2) is 0 Å². The van der Waals surface area contributed by atoms with Crippen LogP contribution in [-0.4, -0.2) is 25.2 Å². The van der Waals surface area contributed by atoms with E-state index in [2.05, 4.69) is 5.32 Å². The van der Waals surface area contributed by atoms with Gasteiger partial charge in [-0.2, -0.15) is 0 Å². The third-order valence-corrected chi connectivity index (χ3v) is 3.25. The Labute approximate surface area is 78.8 Å². The molecule has 2 atom stereocenters. The summed E-state index contributed by atoms with van der Waals surface area (Å²) < 4.78 is 4.79. The SMILES string of the molecule is COC(=O)C1C[C@H]2CCC[C@H](C1)N2. The molecule has 0 aliphatic carbocycles. The van der Waals surface area contributed by atoms with Crippen molar-refractivity contribution in [1.29, 1.82) is 0 Å². The third kappa shape index (κ3) is 1.85. The molecule has 74 valence electrons. The first-order valence-electron chi connectivity index (χ1n) is 5.13. The van der Waals surface area contributed by atoms with Gasteiger partial charge in [0.1, 0.15) is 0 Å². The maximum Gasteiger partial charge on any atom is 0.308 e. The van der Waals surface area contributed by atoms with Gasteiger partial charge in [-0.15, -0.1) is 0 Å². The maximum atomic E-state index is 11.3. The van der Waals surface area contributed by atoms with Gasteiger partial charge >= 0.3 is 5.97 Å². The normalized spacial score (nSPS) is 38.4. The molecule has 0 spiro atoms. The first kappa shape index (κ1) is 9.00. The number of fused-ring (bicyclic) bond motifs is 2. The van der Waals surface area contributed by atoms with E-state index in [0.717, 1.165) is 12.8 Å². The monoisotopic (exact) mass is 183 g/mol. The fourth-order valence-corrected chi connectivity index (χ4v) is 2.62. The van der Waals surface area contributed by atoms with Crippen LogP contribution in [0.25, 0.3) is 0 Å². The maximum absolute atomic E-state index is 11.3. The summed E-state index contributed by atoms with van der Waals surface area (Å²) in [4.78, 5) is 11.3. The van der Waals surface area contributed by atoms with E-state index < -0.39 is 0 Å². The Morgan fingerprint density at radius 1 is 1.31 bits per heavy atom. The number of piperidine rings is 2. The lowest BCUT2D eigenvalue weighted by atomic mass is 9.80. The van der Waals surface area contributed by atoms with Crippen LogP contribution in [0.5, 0.6) is 0 Å². The topological polar surface area (TPSA) is 38.3 Å². The lowest BCUT2D eigenvalue weighted by Gasteiger charge is -2.39. The van der Waals surface area contributed by atoms with Crippen LogP contribution in [0.4, 0.5) is 0 Å². The van der Waals surface area contributed by atoms with Crippen LogP contribution in [0, 0.1) is 5.92 Å². The van der Waals surface area contributed by atoms with Crippen molar-refractivity contribution in [1.82, 2.24) is 5.32 Å². The van der Waals surface area contributed by atoms with Crippen molar-refractivity contribution in [2.75, 3.05) is 7.11 Å². The summed E-state index contributed by atoms with van der Waals surface area (Å²) in [6.07, 6.45) is 5.72. The van der Waals surface area contributed by atoms with Crippen molar-refractivity contribution in [3.8, 4) is 0 Å². The summed E-state index contributed by atoms with van der Waals surface area (Å²) in [6, 6.07) is 1.13. The number of carbonyl (C=O) groups is 1. The van der Waals surface area contributed by atoms with Gasteiger partial charge in [0.2, 0.25) is 0 Å². The molecular weight excluding hydrogens is 166 g/mol. The Morgan fingerprint density at radius 3 is 2.46 bits per heavy atom. The van der Waals surface area contributed by atoms with Gasteiger partial charge in [-0.3, -0.25) is 4.79 Å². The van der Waals surface area contributed by atoms with E-state index in [9.17, 15) is 4.79 Å². The molecule has 0 radical (unpaired) electrons. The second-order valence-corrected chi connectivity index (χ2v) is 4.18. The third-order valence-electron chi connectivity index (χ3n) is 3.25. The minimum Gasteiger partial charge on any atom is -0.469 e. The number of hydrogen-bond donors (Lipinski definition) is 1. The van der Waals surface area contributed by atoms with Crippen molar-refractivity contribution in [3.63, 3.8) is 0 Å². The molecule has 2 saturated heterocycles. The lowest BCUT2D eigenvalue weighted by Crippen LogP contribution is -2.50. The molecule has 0 aromatic heterocycles. The van der Waals surface area contributed by atoms with E-state index in [0.29, 0.717) is 12.1 Å². The molecule has 2 rings (SSSR count). The molecular formula is C10H17NO2. The second-order valence-electron chi connectivity index (χ2n) is 4.18. The van der Waals surface area contributed by atoms with Crippen molar-refractivity contribution in [2.45, 2.75) is 44.2 Å². The van der Waals surface area contributed by atoms with E-state index >= 15 is 0 Å². The largest absolute Gasteiger partial charge is 0.469 e. The van der Waals surface area contributed by atoms with Crippen molar-refractivity contribution < 1.29 is 9.53 Å². The van der Waals surface area contributed by atoms with Crippen LogP contribution in [0.1, 0.15) is 32.1 Å². The molecule has 2 fully saturated rings. The van der Waals surface area contributed by atoms with E-state index in [4.69, 9.17) is 4.74 Å². The first-order chi connectivity index (χ1) is 6.29. The predicted octanol–water partition coefficient (Wildman–Crippen LogP) is 1.08. The molecule has 3 heteroatoms. The zero-order valence-electron chi connectivity index (χ0n) is 8.08. The van der Waals surface area contributed by atoms with E-state index in [1.165, 1.54) is 26.4 Å². The molecule has 0 amide bonds. The number of ether oxygens (including phenoxy) is 1. The Hall–Kier alpha value is -0.570. The van der Waals surface area contributed by atoms with E-state index in [1.807, 2.05) is 0 Å². The number of methoxy groups -OCH3 is 1. The highest BCUT2D eigenvalue weighted by Crippen LogP contribution is 2.30. The minimum absolute atomic E-state index is 0.0154. The highest BCUT2D eigenvalue weighted by atomic mass is 16.5. The number of nitrogens with one attached hydrogen (secondary N) is 1. The molecule has 1 N–H and O–H groups in total. The highest BCUT2D eigenvalue weighted by Gasteiger charge is 2.34. The quantitative estimate of drug-likeness (QED) is 0.618. The van der Waals surface area contributed by atoms with Gasteiger partial charge in [0.25, 0.3) is 0 Å². The smallest absolute Gasteiger partial charge is 0.308 e. The fourth-order valence-electron chi connectivity index (χ4n) is 2.62. The number of rotatable bonds is 1. The Balaban J connectivity index is 1.97. The first-order valence-corrected chi connectivity index (χ1v) is 5.13. The van der Waals surface area contributed by atoms with Crippen molar-refractivity contribution >= 4 is 5.97 Å². The summed E-state index contributed by atoms with van der Waals surface area (Å²) >= 11 is 0. The predicted molar refractivity (Wildman–Crippen MR) is 49.3 cm³/mol. The zero-order valence-corrected chi connectivity index (χ0v) is 8.08. The summed E-state index contributed by atoms with van der Waals surface area (Å²) in [7, 11) is 1.49. The van der Waals surface area contributed by atoms with Crippen LogP contribution < -0.4 is 5.32 Å². The molecule has 2 aliphatic rings. The van der Waals surface area contributed by atoms with Gasteiger partial charge < -0.3 is 10.1 Å². The van der Waals surface area contributed by atoms with Crippen LogP contribution >= 0.6 is 0 Å². The average Bonchev–Trinajstić information content (AvgIpc) is 2.16. The van der Waals surface area contributed by atoms with E-state index in [-0.39, 0.29) is 11.9 Å². The molecule has 0 saturated carbocycles. The molecule has 2 aliphatic heterocycles. The van der Waals surface area contributed by atoms with Crippen LogP contribution in [0.3, 0.4) is 0 Å². The van der Waals surface area contributed by atoms with Gasteiger partial charge in [0.05, 0.1) is 13.0 Å². The molecule has 2 heterocycles. The van der Waals surface area contributed by atoms with Crippen molar-refractivity contribution in [2.24, 2.45) is 5.92 Å². The Bertz CT molecular complexity index is 193. The van der Waals surface area contributed by atoms with Crippen molar-refractivity contribution in [3.05, 3.63) is 0 Å². The van der Waals surface area contributed by atoms with Gasteiger partial charge in [0, 0.05) is 12.1 Å². The van der Waals surface area contributed by atoms with E-state index in [1.54, 1.807) is 0 Å². The Kier molecular flexibility index (Phi) is 2.54. The van der Waals surface area contributed by atoms with Crippen LogP contribution in [0.2, 0.25) is 0 Å². The van der Waals surface area contributed by atoms with Crippen LogP contribution in [-0.2, 0) is 9.53 Å². The summed E-state index contributed by atoms with van der Waals surface area (Å²) in [6.45, 7) is 0. The van der Waals surface area contributed by atoms with Crippen LogP contribution in [0.15, 0.2) is 0 Å². The van der Waals surface area contributed by atoms with Gasteiger partial charge in [-0.05, 0) is 25.7 Å². The Morgan fingerprint density at radius 2 is 1.92 bits per heavy atom. The summed E-state index contributed by atoms with van der Waals surface area (Å²) in [5.74, 6) is 0.139. The van der Waals surface area contributed by atoms with Gasteiger partial charge in [0.15, 0.2) is 0 Å². The summed E-state index contributed by atoms with van der Waals surface area (Å²) in [5.41, 5.74) is 0. The standard InChI is InChI=1S/C10H17NO2/c1-13-10(12)7-5-8-3-2-4-9(6-7)11-8/h7-9,11H,2-6H2,1H3/t8-,9-/m1/s1. The summed E-state index contributed by atoms with van der Waals surface area (Å²) in [5, 5.41) is 3.55. The second kappa shape index (κ2) is 3.66. The molecule has 13 heavy (non-hydrogen) atoms. The zero-order chi connectivity index (χ0) is 9.26. The molecule has 3 nitrogen and oxygen atoms in total. The lowest BCUT2D eigenvalue weighted by molar-refractivity contribution is -0.147. The molecule has 2 bridgehead atoms. The molecule has 0 aromatic carbocycles. The highest BCUT2D eigenvalue weighted by molar-refractivity contribution is 5.72. The number of esters is 1. The minimum atomic E-state index is -0.0154. The van der Waals surface area contributed by atoms with Gasteiger partial charge in [-0.1, -0.05) is 6.42 Å².